The van der Waals surface area contributed by atoms with Crippen LogP contribution in [0.4, 0.5) is 0 Å². The maximum absolute atomic E-state index is 12.3. The number of rotatable bonds is 2. The van der Waals surface area contributed by atoms with Crippen molar-refractivity contribution in [3.8, 4) is 16.9 Å². The van der Waals surface area contributed by atoms with Gasteiger partial charge in [0.25, 0.3) is 5.56 Å². The summed E-state index contributed by atoms with van der Waals surface area (Å²) in [5.74, 6) is 0.598. The molecule has 0 spiro atoms. The summed E-state index contributed by atoms with van der Waals surface area (Å²) in [5, 5.41) is 1.21. The lowest BCUT2D eigenvalue weighted by Gasteiger charge is -2.10. The minimum atomic E-state index is -0.224. The molecule has 0 radical (unpaired) electrons. The molecule has 0 aliphatic carbocycles. The molecule has 0 bridgehead atoms. The minimum absolute atomic E-state index is 0.224. The quantitative estimate of drug-likeness (QED) is 0.777. The zero-order valence-electron chi connectivity index (χ0n) is 10.8. The third-order valence-corrected chi connectivity index (χ3v) is 3.62. The van der Waals surface area contributed by atoms with Crippen molar-refractivity contribution >= 4 is 22.5 Å². The van der Waals surface area contributed by atoms with Crippen molar-refractivity contribution in [3.63, 3.8) is 0 Å². The van der Waals surface area contributed by atoms with E-state index < -0.39 is 0 Å². The maximum Gasteiger partial charge on any atom is 0.257 e. The Bertz CT molecular complexity index is 825. The van der Waals surface area contributed by atoms with E-state index in [2.05, 4.69) is 4.98 Å². The van der Waals surface area contributed by atoms with E-state index >= 15 is 0 Å². The molecule has 0 atom stereocenters. The molecule has 4 heteroatoms. The molecule has 3 rings (SSSR count). The number of halogens is 1. The first kappa shape index (κ1) is 12.8. The smallest absolute Gasteiger partial charge is 0.257 e. The molecule has 0 saturated heterocycles. The predicted molar refractivity (Wildman–Crippen MR) is 81.6 cm³/mol. The Morgan fingerprint density at radius 3 is 2.50 bits per heavy atom. The Morgan fingerprint density at radius 2 is 1.80 bits per heavy atom. The van der Waals surface area contributed by atoms with Gasteiger partial charge in [0, 0.05) is 5.39 Å². The highest BCUT2D eigenvalue weighted by molar-refractivity contribution is 6.38. The second-order valence-electron chi connectivity index (χ2n) is 4.39. The summed E-state index contributed by atoms with van der Waals surface area (Å²) in [6.07, 6.45) is 0. The Morgan fingerprint density at radius 1 is 1.05 bits per heavy atom. The van der Waals surface area contributed by atoms with Crippen LogP contribution in [0.2, 0.25) is 5.02 Å². The van der Waals surface area contributed by atoms with E-state index in [9.17, 15) is 4.79 Å². The van der Waals surface area contributed by atoms with Gasteiger partial charge in [-0.05, 0) is 11.6 Å². The average Bonchev–Trinajstić information content (AvgIpc) is 2.48. The third-order valence-electron chi connectivity index (χ3n) is 3.23. The molecular weight excluding hydrogens is 274 g/mol. The van der Waals surface area contributed by atoms with Gasteiger partial charge < -0.3 is 9.72 Å². The van der Waals surface area contributed by atoms with E-state index in [1.54, 1.807) is 13.2 Å². The molecule has 1 heterocycles. The Hall–Kier alpha value is -2.26. The van der Waals surface area contributed by atoms with Gasteiger partial charge in [0.15, 0.2) is 0 Å². The molecule has 0 amide bonds. The number of nitrogens with one attached hydrogen (secondary N) is 1. The SMILES string of the molecule is COc1cccc2c(Cl)c(-c3ccccc3)c(=O)[nH]c12. The third kappa shape index (κ3) is 1.96. The van der Waals surface area contributed by atoms with Gasteiger partial charge in [0.05, 0.1) is 23.2 Å². The number of methoxy groups -OCH3 is 1. The van der Waals surface area contributed by atoms with Crippen molar-refractivity contribution in [1.29, 1.82) is 0 Å². The van der Waals surface area contributed by atoms with E-state index in [0.29, 0.717) is 21.9 Å². The molecule has 1 N–H and O–H groups in total. The minimum Gasteiger partial charge on any atom is -0.495 e. The summed E-state index contributed by atoms with van der Waals surface area (Å²) in [6, 6.07) is 14.9. The average molecular weight is 286 g/mol. The first-order chi connectivity index (χ1) is 9.72. The van der Waals surface area contributed by atoms with E-state index in [-0.39, 0.29) is 5.56 Å². The van der Waals surface area contributed by atoms with Gasteiger partial charge in [0.2, 0.25) is 0 Å². The summed E-state index contributed by atoms with van der Waals surface area (Å²) in [4.78, 5) is 15.2. The molecule has 0 fully saturated rings. The zero-order chi connectivity index (χ0) is 14.1. The standard InChI is InChI=1S/C16H12ClNO2/c1-20-12-9-5-8-11-14(17)13(16(19)18-15(11)12)10-6-3-2-4-7-10/h2-9H,1H3,(H,18,19). The molecule has 3 aromatic rings. The van der Waals surface area contributed by atoms with Crippen LogP contribution in [0.15, 0.2) is 53.3 Å². The Kier molecular flexibility index (Phi) is 3.20. The van der Waals surface area contributed by atoms with Crippen LogP contribution in [-0.2, 0) is 0 Å². The van der Waals surface area contributed by atoms with Crippen LogP contribution >= 0.6 is 11.6 Å². The fourth-order valence-corrected chi connectivity index (χ4v) is 2.64. The van der Waals surface area contributed by atoms with E-state index in [1.165, 1.54) is 0 Å². The summed E-state index contributed by atoms with van der Waals surface area (Å²) in [6.45, 7) is 0. The topological polar surface area (TPSA) is 42.1 Å². The van der Waals surface area contributed by atoms with E-state index in [1.807, 2.05) is 42.5 Å². The lowest BCUT2D eigenvalue weighted by atomic mass is 10.0. The fourth-order valence-electron chi connectivity index (χ4n) is 2.29. The molecular formula is C16H12ClNO2. The van der Waals surface area contributed by atoms with Gasteiger partial charge in [0.1, 0.15) is 5.75 Å². The molecule has 0 aliphatic rings. The number of para-hydroxylation sites is 1. The van der Waals surface area contributed by atoms with Crippen molar-refractivity contribution in [2.45, 2.75) is 0 Å². The van der Waals surface area contributed by atoms with Crippen LogP contribution in [0.1, 0.15) is 0 Å². The number of aromatic nitrogens is 1. The van der Waals surface area contributed by atoms with Gasteiger partial charge >= 0.3 is 0 Å². The Labute approximate surface area is 120 Å². The number of H-pyrrole nitrogens is 1. The van der Waals surface area contributed by atoms with Crippen molar-refractivity contribution in [2.24, 2.45) is 0 Å². The molecule has 2 aromatic carbocycles. The Balaban J connectivity index is 2.39. The van der Waals surface area contributed by atoms with Gasteiger partial charge in [-0.25, -0.2) is 0 Å². The van der Waals surface area contributed by atoms with Crippen LogP contribution in [-0.4, -0.2) is 12.1 Å². The number of ether oxygens (including phenoxy) is 1. The molecule has 0 aliphatic heterocycles. The van der Waals surface area contributed by atoms with Gasteiger partial charge in [-0.2, -0.15) is 0 Å². The molecule has 0 unspecified atom stereocenters. The summed E-state index contributed by atoms with van der Waals surface area (Å²) < 4.78 is 5.25. The van der Waals surface area contributed by atoms with Crippen LogP contribution in [0.3, 0.4) is 0 Å². The highest BCUT2D eigenvalue weighted by Gasteiger charge is 2.14. The summed E-state index contributed by atoms with van der Waals surface area (Å²) in [5.41, 5.74) is 1.67. The number of fused-ring (bicyclic) bond motifs is 1. The first-order valence-corrected chi connectivity index (χ1v) is 6.54. The van der Waals surface area contributed by atoms with E-state index in [4.69, 9.17) is 16.3 Å². The normalized spacial score (nSPS) is 10.7. The molecule has 1 aromatic heterocycles. The lowest BCUT2D eigenvalue weighted by molar-refractivity contribution is 0.419. The number of benzene rings is 2. The second-order valence-corrected chi connectivity index (χ2v) is 4.77. The van der Waals surface area contributed by atoms with Gasteiger partial charge in [-0.1, -0.05) is 54.1 Å². The highest BCUT2D eigenvalue weighted by atomic mass is 35.5. The van der Waals surface area contributed by atoms with Crippen molar-refractivity contribution in [2.75, 3.05) is 7.11 Å². The molecule has 0 saturated carbocycles. The number of aromatic amines is 1. The summed E-state index contributed by atoms with van der Waals surface area (Å²) >= 11 is 6.43. The van der Waals surface area contributed by atoms with Crippen LogP contribution in [0, 0.1) is 0 Å². The number of pyridine rings is 1. The maximum atomic E-state index is 12.3. The predicted octanol–water partition coefficient (Wildman–Crippen LogP) is 3.86. The van der Waals surface area contributed by atoms with Crippen molar-refractivity contribution in [3.05, 3.63) is 63.9 Å². The first-order valence-electron chi connectivity index (χ1n) is 6.16. The lowest BCUT2D eigenvalue weighted by Crippen LogP contribution is -2.10. The summed E-state index contributed by atoms with van der Waals surface area (Å²) in [7, 11) is 1.56. The number of hydrogen-bond acceptors (Lipinski definition) is 2. The zero-order valence-corrected chi connectivity index (χ0v) is 11.6. The fraction of sp³-hybridized carbons (Fsp3) is 0.0625. The largest absolute Gasteiger partial charge is 0.495 e. The number of hydrogen-bond donors (Lipinski definition) is 1. The highest BCUT2D eigenvalue weighted by Crippen LogP contribution is 2.33. The van der Waals surface area contributed by atoms with Crippen LogP contribution in [0.25, 0.3) is 22.0 Å². The van der Waals surface area contributed by atoms with E-state index in [0.717, 1.165) is 10.9 Å². The molecule has 100 valence electrons. The molecule has 20 heavy (non-hydrogen) atoms. The van der Waals surface area contributed by atoms with Crippen LogP contribution < -0.4 is 10.3 Å². The monoisotopic (exact) mass is 285 g/mol. The second kappa shape index (κ2) is 5.02. The van der Waals surface area contributed by atoms with Gasteiger partial charge in [-0.15, -0.1) is 0 Å². The van der Waals surface area contributed by atoms with Crippen molar-refractivity contribution < 1.29 is 4.74 Å². The van der Waals surface area contributed by atoms with Crippen molar-refractivity contribution in [1.82, 2.24) is 4.98 Å². The van der Waals surface area contributed by atoms with Gasteiger partial charge in [-0.3, -0.25) is 4.79 Å². The van der Waals surface area contributed by atoms with Crippen LogP contribution in [0.5, 0.6) is 5.75 Å². The molecule has 3 nitrogen and oxygen atoms in total.